The van der Waals surface area contributed by atoms with Crippen LogP contribution in [0.1, 0.15) is 10.4 Å². The molecule has 0 spiro atoms. The number of halogens is 2. The first-order chi connectivity index (χ1) is 12.3. The normalized spacial score (nSPS) is 15.2. The van der Waals surface area contributed by atoms with E-state index in [1.54, 1.807) is 11.0 Å². The average molecular weight is 413 g/mol. The van der Waals surface area contributed by atoms with Crippen LogP contribution in [-0.4, -0.2) is 51.7 Å². The standard InChI is InChI=1S/C18H18Cl2N2O3S/c1-26(24,25)17-12-13(6-7-15(17)20)18(23)22-10-8-21(9-11-22)16-5-3-2-4-14(16)19/h2-7,12H,8-11H2,1H3. The van der Waals surface area contributed by atoms with Crippen LogP contribution in [0.25, 0.3) is 0 Å². The maximum Gasteiger partial charge on any atom is 0.254 e. The van der Waals surface area contributed by atoms with Crippen molar-refractivity contribution in [2.45, 2.75) is 4.90 Å². The third-order valence-electron chi connectivity index (χ3n) is 4.34. The van der Waals surface area contributed by atoms with Crippen LogP contribution in [0.15, 0.2) is 47.4 Å². The van der Waals surface area contributed by atoms with E-state index in [4.69, 9.17) is 23.2 Å². The predicted molar refractivity (Wildman–Crippen MR) is 104 cm³/mol. The van der Waals surface area contributed by atoms with Crippen molar-refractivity contribution in [3.63, 3.8) is 0 Å². The lowest BCUT2D eigenvalue weighted by atomic mass is 10.1. The molecule has 8 heteroatoms. The van der Waals surface area contributed by atoms with E-state index in [1.165, 1.54) is 12.1 Å². The number of sulfone groups is 1. The first-order valence-corrected chi connectivity index (χ1v) is 10.7. The van der Waals surface area contributed by atoms with Crippen molar-refractivity contribution in [2.24, 2.45) is 0 Å². The van der Waals surface area contributed by atoms with Crippen LogP contribution in [0.5, 0.6) is 0 Å². The molecule has 0 atom stereocenters. The molecule has 0 radical (unpaired) electrons. The van der Waals surface area contributed by atoms with Crippen LogP contribution in [-0.2, 0) is 9.84 Å². The predicted octanol–water partition coefficient (Wildman–Crippen LogP) is 3.36. The average Bonchev–Trinajstić information content (AvgIpc) is 2.61. The van der Waals surface area contributed by atoms with Gasteiger partial charge >= 0.3 is 0 Å². The number of piperazine rings is 1. The molecule has 0 aliphatic carbocycles. The molecule has 0 unspecified atom stereocenters. The molecule has 0 aromatic heterocycles. The Kier molecular flexibility index (Phi) is 5.46. The number of hydrogen-bond acceptors (Lipinski definition) is 4. The molecular formula is C18H18Cl2N2O3S. The van der Waals surface area contributed by atoms with Crippen molar-refractivity contribution >= 4 is 44.6 Å². The van der Waals surface area contributed by atoms with E-state index in [2.05, 4.69) is 4.90 Å². The Labute approximate surface area is 163 Å². The molecule has 2 aromatic carbocycles. The monoisotopic (exact) mass is 412 g/mol. The van der Waals surface area contributed by atoms with Crippen molar-refractivity contribution in [3.05, 3.63) is 58.1 Å². The fourth-order valence-electron chi connectivity index (χ4n) is 2.96. The zero-order valence-electron chi connectivity index (χ0n) is 14.2. The van der Waals surface area contributed by atoms with Gasteiger partial charge in [-0.05, 0) is 30.3 Å². The third-order valence-corrected chi connectivity index (χ3v) is 6.24. The molecule has 0 bridgehead atoms. The summed E-state index contributed by atoms with van der Waals surface area (Å²) in [5, 5.41) is 0.801. The number of anilines is 1. The van der Waals surface area contributed by atoms with E-state index < -0.39 is 9.84 Å². The molecule has 26 heavy (non-hydrogen) atoms. The molecule has 1 aliphatic rings. The van der Waals surface area contributed by atoms with E-state index in [-0.39, 0.29) is 15.8 Å². The number of hydrogen-bond donors (Lipinski definition) is 0. The number of carbonyl (C=O) groups excluding carboxylic acids is 1. The van der Waals surface area contributed by atoms with E-state index in [0.717, 1.165) is 11.9 Å². The lowest BCUT2D eigenvalue weighted by molar-refractivity contribution is 0.0746. The highest BCUT2D eigenvalue weighted by Gasteiger charge is 2.24. The topological polar surface area (TPSA) is 57.7 Å². The van der Waals surface area contributed by atoms with Gasteiger partial charge in [0.2, 0.25) is 0 Å². The second kappa shape index (κ2) is 7.47. The zero-order valence-corrected chi connectivity index (χ0v) is 16.5. The van der Waals surface area contributed by atoms with Gasteiger partial charge in [0, 0.05) is 38.0 Å². The van der Waals surface area contributed by atoms with Gasteiger partial charge in [-0.1, -0.05) is 35.3 Å². The van der Waals surface area contributed by atoms with E-state index in [9.17, 15) is 13.2 Å². The summed E-state index contributed by atoms with van der Waals surface area (Å²) in [6, 6.07) is 12.0. The Morgan fingerprint density at radius 3 is 2.23 bits per heavy atom. The van der Waals surface area contributed by atoms with Crippen molar-refractivity contribution in [1.29, 1.82) is 0 Å². The number of benzene rings is 2. The van der Waals surface area contributed by atoms with Crippen molar-refractivity contribution in [3.8, 4) is 0 Å². The minimum absolute atomic E-state index is 0.0280. The largest absolute Gasteiger partial charge is 0.367 e. The van der Waals surface area contributed by atoms with Gasteiger partial charge in [-0.2, -0.15) is 0 Å². The summed E-state index contributed by atoms with van der Waals surface area (Å²) in [5.74, 6) is -0.203. The molecule has 1 amide bonds. The Morgan fingerprint density at radius 2 is 1.62 bits per heavy atom. The number of para-hydroxylation sites is 1. The number of carbonyl (C=O) groups is 1. The van der Waals surface area contributed by atoms with Crippen LogP contribution in [0.3, 0.4) is 0 Å². The molecule has 0 N–H and O–H groups in total. The summed E-state index contributed by atoms with van der Waals surface area (Å²) in [4.78, 5) is 16.6. The summed E-state index contributed by atoms with van der Waals surface area (Å²) in [5.41, 5.74) is 1.27. The molecule has 1 aliphatic heterocycles. The fraction of sp³-hybridized carbons (Fsp3) is 0.278. The third kappa shape index (κ3) is 3.98. The van der Waals surface area contributed by atoms with E-state index >= 15 is 0 Å². The van der Waals surface area contributed by atoms with Crippen LogP contribution < -0.4 is 4.90 Å². The highest BCUT2D eigenvalue weighted by molar-refractivity contribution is 7.90. The van der Waals surface area contributed by atoms with Crippen molar-refractivity contribution in [1.82, 2.24) is 4.90 Å². The van der Waals surface area contributed by atoms with Gasteiger partial charge < -0.3 is 9.80 Å². The second-order valence-corrected chi connectivity index (χ2v) is 8.95. The lowest BCUT2D eigenvalue weighted by Gasteiger charge is -2.36. The van der Waals surface area contributed by atoms with Gasteiger partial charge in [-0.3, -0.25) is 4.79 Å². The first kappa shape index (κ1) is 19.0. The molecule has 3 rings (SSSR count). The maximum atomic E-state index is 12.7. The Bertz CT molecular complexity index is 939. The molecule has 138 valence electrons. The van der Waals surface area contributed by atoms with Crippen molar-refractivity contribution in [2.75, 3.05) is 37.3 Å². The molecule has 5 nitrogen and oxygen atoms in total. The summed E-state index contributed by atoms with van der Waals surface area (Å²) in [6.45, 7) is 2.37. The second-order valence-electron chi connectivity index (χ2n) is 6.15. The van der Waals surface area contributed by atoms with Crippen LogP contribution in [0.4, 0.5) is 5.69 Å². The van der Waals surface area contributed by atoms with Crippen LogP contribution in [0, 0.1) is 0 Å². The molecular weight excluding hydrogens is 395 g/mol. The summed E-state index contributed by atoms with van der Waals surface area (Å²) in [6.07, 6.45) is 1.07. The van der Waals surface area contributed by atoms with Crippen LogP contribution >= 0.6 is 23.2 Å². The molecule has 2 aromatic rings. The SMILES string of the molecule is CS(=O)(=O)c1cc(C(=O)N2CCN(c3ccccc3Cl)CC2)ccc1Cl. The highest BCUT2D eigenvalue weighted by atomic mass is 35.5. The van der Waals surface area contributed by atoms with E-state index in [0.29, 0.717) is 36.8 Å². The Morgan fingerprint density at radius 1 is 0.962 bits per heavy atom. The number of nitrogens with zero attached hydrogens (tertiary/aromatic N) is 2. The minimum atomic E-state index is -3.50. The maximum absolute atomic E-state index is 12.7. The number of amides is 1. The lowest BCUT2D eigenvalue weighted by Crippen LogP contribution is -2.48. The smallest absolute Gasteiger partial charge is 0.254 e. The van der Waals surface area contributed by atoms with Gasteiger partial charge in [-0.15, -0.1) is 0 Å². The molecule has 1 fully saturated rings. The van der Waals surface area contributed by atoms with Crippen LogP contribution in [0.2, 0.25) is 10.0 Å². The number of rotatable bonds is 3. The van der Waals surface area contributed by atoms with E-state index in [1.807, 2.05) is 24.3 Å². The first-order valence-electron chi connectivity index (χ1n) is 8.06. The van der Waals surface area contributed by atoms with Crippen molar-refractivity contribution < 1.29 is 13.2 Å². The summed E-state index contributed by atoms with van der Waals surface area (Å²) < 4.78 is 23.6. The molecule has 0 saturated carbocycles. The van der Waals surface area contributed by atoms with Gasteiger partial charge in [0.25, 0.3) is 5.91 Å². The summed E-state index contributed by atoms with van der Waals surface area (Å²) in [7, 11) is -3.50. The molecule has 1 heterocycles. The zero-order chi connectivity index (χ0) is 18.9. The van der Waals surface area contributed by atoms with Gasteiger partial charge in [0.1, 0.15) is 0 Å². The molecule has 1 saturated heterocycles. The van der Waals surface area contributed by atoms with Gasteiger partial charge in [0.15, 0.2) is 9.84 Å². The minimum Gasteiger partial charge on any atom is -0.367 e. The quantitative estimate of drug-likeness (QED) is 0.775. The highest BCUT2D eigenvalue weighted by Crippen LogP contribution is 2.27. The Hall–Kier alpha value is -1.76. The summed E-state index contributed by atoms with van der Waals surface area (Å²) >= 11 is 12.2. The Balaban J connectivity index is 1.74. The van der Waals surface area contributed by atoms with Gasteiger partial charge in [-0.25, -0.2) is 8.42 Å². The fourth-order valence-corrected chi connectivity index (χ4v) is 4.52. The van der Waals surface area contributed by atoms with Gasteiger partial charge in [0.05, 0.1) is 20.6 Å².